The number of rotatable bonds is 4. The minimum atomic E-state index is -0.273. The molecule has 0 aromatic rings. The minimum absolute atomic E-state index is 0.0801. The zero-order chi connectivity index (χ0) is 11.3. The van der Waals surface area contributed by atoms with Gasteiger partial charge in [0, 0.05) is 19.0 Å². The Kier molecular flexibility index (Phi) is 4.10. The lowest BCUT2D eigenvalue weighted by Gasteiger charge is -2.15. The van der Waals surface area contributed by atoms with Gasteiger partial charge in [-0.05, 0) is 6.42 Å². The van der Waals surface area contributed by atoms with Gasteiger partial charge in [-0.15, -0.1) is 0 Å². The standard InChI is InChI=1S/C10H15N3O2/c1-2-8(3-4-11)13-10(15)7-5-9(14)12-6-7/h7-8H,2-3,5-6H2,1H3,(H,12,14)(H,13,15). The van der Waals surface area contributed by atoms with Gasteiger partial charge in [0.15, 0.2) is 0 Å². The molecule has 5 nitrogen and oxygen atoms in total. The number of carbonyl (C=O) groups excluding carboxylic acids is 2. The fraction of sp³-hybridized carbons (Fsp3) is 0.700. The molecule has 1 rings (SSSR count). The molecule has 1 aliphatic rings. The van der Waals surface area contributed by atoms with Gasteiger partial charge in [0.25, 0.3) is 0 Å². The highest BCUT2D eigenvalue weighted by Gasteiger charge is 2.28. The molecule has 2 N–H and O–H groups in total. The molecule has 2 unspecified atom stereocenters. The smallest absolute Gasteiger partial charge is 0.225 e. The Balaban J connectivity index is 2.41. The lowest BCUT2D eigenvalue weighted by molar-refractivity contribution is -0.127. The van der Waals surface area contributed by atoms with Crippen LogP contribution in [0.5, 0.6) is 0 Å². The van der Waals surface area contributed by atoms with E-state index < -0.39 is 0 Å². The summed E-state index contributed by atoms with van der Waals surface area (Å²) in [6, 6.07) is 1.93. The van der Waals surface area contributed by atoms with Crippen LogP contribution in [-0.4, -0.2) is 24.4 Å². The summed E-state index contributed by atoms with van der Waals surface area (Å²) in [6.07, 6.45) is 1.30. The Labute approximate surface area is 88.8 Å². The molecule has 0 aromatic heterocycles. The molecule has 2 amide bonds. The predicted molar refractivity (Wildman–Crippen MR) is 53.6 cm³/mol. The maximum Gasteiger partial charge on any atom is 0.225 e. The largest absolute Gasteiger partial charge is 0.355 e. The maximum absolute atomic E-state index is 11.6. The first-order valence-corrected chi connectivity index (χ1v) is 5.11. The summed E-state index contributed by atoms with van der Waals surface area (Å²) in [7, 11) is 0. The van der Waals surface area contributed by atoms with E-state index in [1.165, 1.54) is 0 Å². The van der Waals surface area contributed by atoms with Crippen LogP contribution < -0.4 is 10.6 Å². The number of carbonyl (C=O) groups is 2. The fourth-order valence-corrected chi connectivity index (χ4v) is 1.52. The number of amides is 2. The molecule has 82 valence electrons. The highest BCUT2D eigenvalue weighted by Crippen LogP contribution is 2.09. The summed E-state index contributed by atoms with van der Waals surface area (Å²) in [5.74, 6) is -0.482. The van der Waals surface area contributed by atoms with Crippen molar-refractivity contribution in [3.05, 3.63) is 0 Å². The molecule has 0 spiro atoms. The molecule has 2 atom stereocenters. The van der Waals surface area contributed by atoms with E-state index in [0.29, 0.717) is 13.0 Å². The lowest BCUT2D eigenvalue weighted by atomic mass is 10.1. The van der Waals surface area contributed by atoms with Crippen LogP contribution in [0.25, 0.3) is 0 Å². The molecule has 15 heavy (non-hydrogen) atoms. The van der Waals surface area contributed by atoms with Gasteiger partial charge in [-0.25, -0.2) is 0 Å². The first-order valence-electron chi connectivity index (χ1n) is 5.11. The van der Waals surface area contributed by atoms with E-state index in [1.807, 2.05) is 13.0 Å². The van der Waals surface area contributed by atoms with Crippen LogP contribution in [0.2, 0.25) is 0 Å². The molecule has 1 fully saturated rings. The molecule has 0 bridgehead atoms. The summed E-state index contributed by atoms with van der Waals surface area (Å²) < 4.78 is 0. The van der Waals surface area contributed by atoms with Crippen molar-refractivity contribution in [1.29, 1.82) is 5.26 Å². The van der Waals surface area contributed by atoms with E-state index in [-0.39, 0.29) is 30.2 Å². The van der Waals surface area contributed by atoms with E-state index >= 15 is 0 Å². The van der Waals surface area contributed by atoms with Gasteiger partial charge in [0.1, 0.15) is 0 Å². The van der Waals surface area contributed by atoms with Crippen LogP contribution in [-0.2, 0) is 9.59 Å². The summed E-state index contributed by atoms with van der Waals surface area (Å²) in [5, 5.41) is 13.9. The van der Waals surface area contributed by atoms with Crippen LogP contribution >= 0.6 is 0 Å². The topological polar surface area (TPSA) is 82.0 Å². The van der Waals surface area contributed by atoms with Crippen LogP contribution in [0.1, 0.15) is 26.2 Å². The average Bonchev–Trinajstić information content (AvgIpc) is 2.64. The van der Waals surface area contributed by atoms with Gasteiger partial charge in [0.05, 0.1) is 18.4 Å². The molecule has 1 heterocycles. The first kappa shape index (κ1) is 11.5. The molecule has 5 heteroatoms. The highest BCUT2D eigenvalue weighted by atomic mass is 16.2. The van der Waals surface area contributed by atoms with Crippen molar-refractivity contribution in [1.82, 2.24) is 10.6 Å². The van der Waals surface area contributed by atoms with Crippen LogP contribution in [0.4, 0.5) is 0 Å². The molecule has 0 aromatic carbocycles. The summed E-state index contributed by atoms with van der Waals surface area (Å²) in [5.41, 5.74) is 0. The second kappa shape index (κ2) is 5.35. The van der Waals surface area contributed by atoms with E-state index in [4.69, 9.17) is 5.26 Å². The lowest BCUT2D eigenvalue weighted by Crippen LogP contribution is -2.39. The van der Waals surface area contributed by atoms with Gasteiger partial charge in [-0.3, -0.25) is 9.59 Å². The Hall–Kier alpha value is -1.57. The zero-order valence-electron chi connectivity index (χ0n) is 8.75. The fourth-order valence-electron chi connectivity index (χ4n) is 1.52. The normalized spacial score (nSPS) is 21.6. The SMILES string of the molecule is CCC(CC#N)NC(=O)C1CNC(=O)C1. The Morgan fingerprint density at radius 3 is 3.00 bits per heavy atom. The highest BCUT2D eigenvalue weighted by molar-refractivity contribution is 5.89. The minimum Gasteiger partial charge on any atom is -0.355 e. The van der Waals surface area contributed by atoms with Gasteiger partial charge in [0.2, 0.25) is 11.8 Å². The van der Waals surface area contributed by atoms with E-state index in [9.17, 15) is 9.59 Å². The molecule has 0 aliphatic carbocycles. The Morgan fingerprint density at radius 2 is 2.53 bits per heavy atom. The van der Waals surface area contributed by atoms with Gasteiger partial charge < -0.3 is 10.6 Å². The van der Waals surface area contributed by atoms with Crippen molar-refractivity contribution in [2.75, 3.05) is 6.54 Å². The van der Waals surface area contributed by atoms with Crippen molar-refractivity contribution in [3.8, 4) is 6.07 Å². The van der Waals surface area contributed by atoms with E-state index in [0.717, 1.165) is 6.42 Å². The Morgan fingerprint density at radius 1 is 1.80 bits per heavy atom. The van der Waals surface area contributed by atoms with Crippen molar-refractivity contribution in [2.45, 2.75) is 32.2 Å². The number of nitrogens with one attached hydrogen (secondary N) is 2. The van der Waals surface area contributed by atoms with Gasteiger partial charge in [-0.1, -0.05) is 6.92 Å². The first-order chi connectivity index (χ1) is 7.17. The number of nitrogens with zero attached hydrogens (tertiary/aromatic N) is 1. The second-order valence-corrected chi connectivity index (χ2v) is 3.68. The monoisotopic (exact) mass is 209 g/mol. The van der Waals surface area contributed by atoms with E-state index in [2.05, 4.69) is 10.6 Å². The van der Waals surface area contributed by atoms with Crippen molar-refractivity contribution in [2.24, 2.45) is 5.92 Å². The summed E-state index contributed by atoms with van der Waals surface area (Å²) >= 11 is 0. The molecule has 0 radical (unpaired) electrons. The molecular weight excluding hydrogens is 194 g/mol. The van der Waals surface area contributed by atoms with Crippen LogP contribution in [0.15, 0.2) is 0 Å². The summed E-state index contributed by atoms with van der Waals surface area (Å²) in [6.45, 7) is 2.33. The molecular formula is C10H15N3O2. The summed E-state index contributed by atoms with van der Waals surface area (Å²) in [4.78, 5) is 22.5. The van der Waals surface area contributed by atoms with Gasteiger partial charge >= 0.3 is 0 Å². The van der Waals surface area contributed by atoms with E-state index in [1.54, 1.807) is 0 Å². The van der Waals surface area contributed by atoms with Crippen molar-refractivity contribution < 1.29 is 9.59 Å². The zero-order valence-corrected chi connectivity index (χ0v) is 8.75. The van der Waals surface area contributed by atoms with Crippen LogP contribution in [0, 0.1) is 17.2 Å². The van der Waals surface area contributed by atoms with Crippen molar-refractivity contribution >= 4 is 11.8 Å². The molecule has 1 aliphatic heterocycles. The maximum atomic E-state index is 11.6. The third kappa shape index (κ3) is 3.24. The number of hydrogen-bond donors (Lipinski definition) is 2. The average molecular weight is 209 g/mol. The van der Waals surface area contributed by atoms with Crippen LogP contribution in [0.3, 0.4) is 0 Å². The number of nitriles is 1. The second-order valence-electron chi connectivity index (χ2n) is 3.68. The van der Waals surface area contributed by atoms with Gasteiger partial charge in [-0.2, -0.15) is 5.26 Å². The predicted octanol–water partition coefficient (Wildman–Crippen LogP) is -0.0690. The molecule has 0 saturated carbocycles. The number of hydrogen-bond acceptors (Lipinski definition) is 3. The third-order valence-electron chi connectivity index (χ3n) is 2.53. The molecule has 1 saturated heterocycles. The Bertz CT molecular complexity index is 296. The third-order valence-corrected chi connectivity index (χ3v) is 2.53. The van der Waals surface area contributed by atoms with Crippen molar-refractivity contribution in [3.63, 3.8) is 0 Å². The quantitative estimate of drug-likeness (QED) is 0.680.